The van der Waals surface area contributed by atoms with Crippen LogP contribution in [0.25, 0.3) is 0 Å². The van der Waals surface area contributed by atoms with Gasteiger partial charge >= 0.3 is 0 Å². The molecule has 0 saturated heterocycles. The van der Waals surface area contributed by atoms with Crippen LogP contribution in [0, 0.1) is 5.95 Å². The van der Waals surface area contributed by atoms with Gasteiger partial charge in [0.15, 0.2) is 0 Å². The average molecular weight is 177 g/mol. The van der Waals surface area contributed by atoms with E-state index < -0.39 is 5.95 Å². The third kappa shape index (κ3) is 1.53. The molecule has 1 N–H and O–H groups in total. The standard InChI is InChI=1S/C7H10ClFN2/c1-7(2,3)5-4(8)6(9)11-10-5/h1-3H3,(H,10,11). The van der Waals surface area contributed by atoms with Crippen LogP contribution in [0.3, 0.4) is 0 Å². The van der Waals surface area contributed by atoms with E-state index in [1.165, 1.54) is 0 Å². The summed E-state index contributed by atoms with van der Waals surface area (Å²) >= 11 is 5.62. The summed E-state index contributed by atoms with van der Waals surface area (Å²) in [7, 11) is 0. The number of hydrogen-bond donors (Lipinski definition) is 1. The Labute approximate surface area is 69.8 Å². The molecule has 1 aromatic rings. The molecule has 0 amide bonds. The van der Waals surface area contributed by atoms with Gasteiger partial charge in [-0.3, -0.25) is 5.10 Å². The number of aromatic amines is 1. The molecule has 0 aliphatic heterocycles. The molecule has 0 radical (unpaired) electrons. The minimum Gasteiger partial charge on any atom is -0.251 e. The fraction of sp³-hybridized carbons (Fsp3) is 0.571. The van der Waals surface area contributed by atoms with E-state index in [9.17, 15) is 4.39 Å². The van der Waals surface area contributed by atoms with E-state index in [1.54, 1.807) is 0 Å². The Morgan fingerprint density at radius 3 is 2.18 bits per heavy atom. The second-order valence-electron chi connectivity index (χ2n) is 3.45. The second-order valence-corrected chi connectivity index (χ2v) is 3.83. The molecule has 0 aromatic carbocycles. The highest BCUT2D eigenvalue weighted by Gasteiger charge is 2.22. The van der Waals surface area contributed by atoms with Gasteiger partial charge in [0.2, 0.25) is 5.95 Å². The average Bonchev–Trinajstić information content (AvgIpc) is 2.11. The summed E-state index contributed by atoms with van der Waals surface area (Å²) in [5, 5.41) is 6.04. The second kappa shape index (κ2) is 2.48. The van der Waals surface area contributed by atoms with E-state index in [2.05, 4.69) is 10.2 Å². The lowest BCUT2D eigenvalue weighted by Gasteiger charge is -2.14. The lowest BCUT2D eigenvalue weighted by molar-refractivity contribution is 0.566. The molecule has 0 aliphatic carbocycles. The zero-order valence-electron chi connectivity index (χ0n) is 6.70. The fourth-order valence-corrected chi connectivity index (χ4v) is 1.17. The van der Waals surface area contributed by atoms with Crippen molar-refractivity contribution in [3.63, 3.8) is 0 Å². The molecule has 11 heavy (non-hydrogen) atoms. The molecule has 0 atom stereocenters. The minimum absolute atomic E-state index is 0.0949. The van der Waals surface area contributed by atoms with Crippen molar-refractivity contribution in [2.24, 2.45) is 0 Å². The molecule has 0 spiro atoms. The first-order valence-corrected chi connectivity index (χ1v) is 3.70. The topological polar surface area (TPSA) is 28.7 Å². The van der Waals surface area contributed by atoms with Gasteiger partial charge in [0.05, 0.1) is 5.69 Å². The Morgan fingerprint density at radius 1 is 1.45 bits per heavy atom. The third-order valence-electron chi connectivity index (χ3n) is 1.38. The molecule has 1 rings (SSSR count). The molecule has 0 saturated carbocycles. The lowest BCUT2D eigenvalue weighted by atomic mass is 9.92. The predicted molar refractivity (Wildman–Crippen MR) is 42.3 cm³/mol. The minimum atomic E-state index is -0.559. The van der Waals surface area contributed by atoms with Crippen molar-refractivity contribution in [3.8, 4) is 0 Å². The molecule has 1 heterocycles. The first-order chi connectivity index (χ1) is 4.93. The van der Waals surface area contributed by atoms with Crippen LogP contribution in [0.2, 0.25) is 5.02 Å². The third-order valence-corrected chi connectivity index (χ3v) is 1.72. The molecule has 0 fully saturated rings. The quantitative estimate of drug-likeness (QED) is 0.647. The van der Waals surface area contributed by atoms with Crippen LogP contribution < -0.4 is 0 Å². The molecule has 4 heteroatoms. The summed E-state index contributed by atoms with van der Waals surface area (Å²) in [6.45, 7) is 5.78. The summed E-state index contributed by atoms with van der Waals surface area (Å²) in [5.41, 5.74) is 0.356. The first-order valence-electron chi connectivity index (χ1n) is 3.33. The number of nitrogens with one attached hydrogen (secondary N) is 1. The van der Waals surface area contributed by atoms with Crippen molar-refractivity contribution in [2.75, 3.05) is 0 Å². The summed E-state index contributed by atoms with van der Waals surface area (Å²) in [6.07, 6.45) is 0. The number of aromatic nitrogens is 2. The van der Waals surface area contributed by atoms with Gasteiger partial charge in [-0.1, -0.05) is 32.4 Å². The van der Waals surface area contributed by atoms with Crippen LogP contribution in [-0.4, -0.2) is 10.2 Å². The summed E-state index contributed by atoms with van der Waals surface area (Å²) in [5.74, 6) is -0.559. The smallest absolute Gasteiger partial charge is 0.228 e. The predicted octanol–water partition coefficient (Wildman–Crippen LogP) is 2.50. The maximum absolute atomic E-state index is 12.6. The Hall–Kier alpha value is -0.570. The van der Waals surface area contributed by atoms with Gasteiger partial charge in [0.25, 0.3) is 0 Å². The molecular weight excluding hydrogens is 167 g/mol. The van der Waals surface area contributed by atoms with Crippen molar-refractivity contribution < 1.29 is 4.39 Å². The Kier molecular flexibility index (Phi) is 1.92. The Morgan fingerprint density at radius 2 is 2.00 bits per heavy atom. The van der Waals surface area contributed by atoms with Gasteiger partial charge in [-0.15, -0.1) is 0 Å². The van der Waals surface area contributed by atoms with E-state index in [0.717, 1.165) is 0 Å². The van der Waals surface area contributed by atoms with Crippen molar-refractivity contribution in [3.05, 3.63) is 16.7 Å². The summed E-state index contributed by atoms with van der Waals surface area (Å²) in [6, 6.07) is 0. The summed E-state index contributed by atoms with van der Waals surface area (Å²) in [4.78, 5) is 0. The van der Waals surface area contributed by atoms with Crippen LogP contribution in [-0.2, 0) is 5.41 Å². The van der Waals surface area contributed by atoms with Crippen molar-refractivity contribution in [2.45, 2.75) is 26.2 Å². The van der Waals surface area contributed by atoms with Gasteiger partial charge in [0.1, 0.15) is 5.02 Å². The van der Waals surface area contributed by atoms with Crippen LogP contribution in [0.4, 0.5) is 4.39 Å². The van der Waals surface area contributed by atoms with E-state index in [-0.39, 0.29) is 10.4 Å². The highest BCUT2D eigenvalue weighted by atomic mass is 35.5. The van der Waals surface area contributed by atoms with E-state index in [0.29, 0.717) is 5.69 Å². The van der Waals surface area contributed by atoms with Gasteiger partial charge in [0, 0.05) is 5.41 Å². The first kappa shape index (κ1) is 8.53. The monoisotopic (exact) mass is 176 g/mol. The number of nitrogens with zero attached hydrogens (tertiary/aromatic N) is 1. The number of rotatable bonds is 0. The zero-order valence-corrected chi connectivity index (χ0v) is 7.46. The Balaban J connectivity index is 3.15. The number of hydrogen-bond acceptors (Lipinski definition) is 1. The molecule has 62 valence electrons. The SMILES string of the molecule is CC(C)(C)c1n[nH]c(F)c1Cl. The molecule has 0 bridgehead atoms. The molecule has 0 unspecified atom stereocenters. The van der Waals surface area contributed by atoms with E-state index >= 15 is 0 Å². The van der Waals surface area contributed by atoms with E-state index in [1.807, 2.05) is 20.8 Å². The summed E-state index contributed by atoms with van der Waals surface area (Å²) < 4.78 is 12.6. The zero-order chi connectivity index (χ0) is 8.65. The van der Waals surface area contributed by atoms with Crippen LogP contribution in [0.1, 0.15) is 26.5 Å². The number of halogens is 2. The molecule has 1 aromatic heterocycles. The fourth-order valence-electron chi connectivity index (χ4n) is 0.804. The van der Waals surface area contributed by atoms with Gasteiger partial charge in [-0.2, -0.15) is 9.49 Å². The largest absolute Gasteiger partial charge is 0.251 e. The number of H-pyrrole nitrogens is 1. The highest BCUT2D eigenvalue weighted by Crippen LogP contribution is 2.28. The molecule has 0 aliphatic rings. The molecular formula is C7H10ClFN2. The maximum Gasteiger partial charge on any atom is 0.228 e. The molecule has 2 nitrogen and oxygen atoms in total. The maximum atomic E-state index is 12.6. The normalized spacial score (nSPS) is 12.1. The van der Waals surface area contributed by atoms with Gasteiger partial charge in [-0.25, -0.2) is 0 Å². The highest BCUT2D eigenvalue weighted by molar-refractivity contribution is 6.31. The van der Waals surface area contributed by atoms with Gasteiger partial charge in [-0.05, 0) is 0 Å². The van der Waals surface area contributed by atoms with E-state index in [4.69, 9.17) is 11.6 Å². The van der Waals surface area contributed by atoms with Crippen LogP contribution in [0.15, 0.2) is 0 Å². The van der Waals surface area contributed by atoms with Crippen LogP contribution in [0.5, 0.6) is 0 Å². The van der Waals surface area contributed by atoms with Crippen molar-refractivity contribution >= 4 is 11.6 Å². The van der Waals surface area contributed by atoms with Gasteiger partial charge < -0.3 is 0 Å². The van der Waals surface area contributed by atoms with Crippen molar-refractivity contribution in [1.82, 2.24) is 10.2 Å². The Bertz CT molecular complexity index is 262. The van der Waals surface area contributed by atoms with Crippen molar-refractivity contribution in [1.29, 1.82) is 0 Å². The lowest BCUT2D eigenvalue weighted by Crippen LogP contribution is -2.12. The van der Waals surface area contributed by atoms with Crippen LogP contribution >= 0.6 is 11.6 Å².